The summed E-state index contributed by atoms with van der Waals surface area (Å²) in [4.78, 5) is 4.27. The van der Waals surface area contributed by atoms with Gasteiger partial charge < -0.3 is 10.6 Å². The molecule has 2 aromatic carbocycles. The van der Waals surface area contributed by atoms with Gasteiger partial charge in [0.2, 0.25) is 0 Å². The van der Waals surface area contributed by atoms with Gasteiger partial charge in [-0.05, 0) is 48.0 Å². The van der Waals surface area contributed by atoms with Crippen LogP contribution in [-0.4, -0.2) is 11.5 Å². The molecule has 1 aromatic heterocycles. The van der Waals surface area contributed by atoms with Crippen molar-refractivity contribution < 1.29 is 0 Å². The summed E-state index contributed by atoms with van der Waals surface area (Å²) in [6.45, 7) is 2.92. The topological polar surface area (TPSA) is 37.0 Å². The van der Waals surface area contributed by atoms with E-state index in [-0.39, 0.29) is 0 Å². The van der Waals surface area contributed by atoms with Gasteiger partial charge in [0.05, 0.1) is 0 Å². The minimum absolute atomic E-state index is 0.862. The maximum absolute atomic E-state index is 4.27. The van der Waals surface area contributed by atoms with Crippen LogP contribution in [0.5, 0.6) is 0 Å². The lowest BCUT2D eigenvalue weighted by molar-refractivity contribution is 1.16. The fourth-order valence-corrected chi connectivity index (χ4v) is 2.63. The Morgan fingerprint density at radius 2 is 1.71 bits per heavy atom. The quantitative estimate of drug-likeness (QED) is 0.687. The van der Waals surface area contributed by atoms with E-state index in [1.54, 1.807) is 6.20 Å². The van der Waals surface area contributed by atoms with E-state index >= 15 is 0 Å². The van der Waals surface area contributed by atoms with Gasteiger partial charge in [-0.2, -0.15) is 0 Å². The molecular formula is C17H16BrN3. The third-order valence-electron chi connectivity index (χ3n) is 3.21. The Kier molecular flexibility index (Phi) is 4.06. The molecule has 0 aliphatic rings. The van der Waals surface area contributed by atoms with Crippen LogP contribution in [0.1, 0.15) is 6.92 Å². The van der Waals surface area contributed by atoms with E-state index in [1.807, 2.05) is 12.1 Å². The van der Waals surface area contributed by atoms with Crippen molar-refractivity contribution in [3.8, 4) is 0 Å². The molecule has 0 saturated carbocycles. The molecule has 3 rings (SSSR count). The number of benzene rings is 2. The summed E-state index contributed by atoms with van der Waals surface area (Å²) in [5.41, 5.74) is 2.09. The lowest BCUT2D eigenvalue weighted by Gasteiger charge is -2.09. The van der Waals surface area contributed by atoms with Gasteiger partial charge in [-0.1, -0.05) is 28.1 Å². The average molecular weight is 342 g/mol. The number of rotatable bonds is 4. The highest BCUT2D eigenvalue weighted by Crippen LogP contribution is 2.25. The molecule has 0 spiro atoms. The fourth-order valence-electron chi connectivity index (χ4n) is 2.25. The third-order valence-corrected chi connectivity index (χ3v) is 3.70. The van der Waals surface area contributed by atoms with Gasteiger partial charge in [-0.15, -0.1) is 0 Å². The number of anilines is 3. The summed E-state index contributed by atoms with van der Waals surface area (Å²) in [5.74, 6) is 0.882. The number of nitrogens with zero attached hydrogens (tertiary/aromatic N) is 1. The predicted octanol–water partition coefficient (Wildman–Crippen LogP) is 5.17. The summed E-state index contributed by atoms with van der Waals surface area (Å²) in [7, 11) is 0. The van der Waals surface area contributed by atoms with E-state index in [0.29, 0.717) is 0 Å². The molecular weight excluding hydrogens is 326 g/mol. The van der Waals surface area contributed by atoms with Gasteiger partial charge in [0, 0.05) is 34.7 Å². The van der Waals surface area contributed by atoms with Crippen LogP contribution in [0.15, 0.2) is 59.2 Å². The second kappa shape index (κ2) is 6.14. The summed E-state index contributed by atoms with van der Waals surface area (Å²) in [6.07, 6.45) is 1.80. The number of nitrogens with one attached hydrogen (secondary N) is 2. The van der Waals surface area contributed by atoms with E-state index in [0.717, 1.165) is 28.2 Å². The van der Waals surface area contributed by atoms with Crippen molar-refractivity contribution in [1.82, 2.24) is 4.98 Å². The molecule has 4 heteroatoms. The molecule has 3 nitrogen and oxygen atoms in total. The number of aromatic nitrogens is 1. The van der Waals surface area contributed by atoms with E-state index in [1.165, 1.54) is 10.8 Å². The molecule has 0 aliphatic carbocycles. The molecule has 21 heavy (non-hydrogen) atoms. The lowest BCUT2D eigenvalue weighted by atomic mass is 10.1. The molecule has 0 radical (unpaired) electrons. The van der Waals surface area contributed by atoms with E-state index < -0.39 is 0 Å². The Labute approximate surface area is 132 Å². The Balaban J connectivity index is 1.87. The van der Waals surface area contributed by atoms with Crippen molar-refractivity contribution >= 4 is 43.9 Å². The molecule has 2 N–H and O–H groups in total. The Hall–Kier alpha value is -2.07. The molecule has 0 atom stereocenters. The highest BCUT2D eigenvalue weighted by molar-refractivity contribution is 9.10. The number of halogens is 1. The van der Waals surface area contributed by atoms with Crippen LogP contribution >= 0.6 is 15.9 Å². The smallest absolute Gasteiger partial charge is 0.127 e. The minimum atomic E-state index is 0.862. The van der Waals surface area contributed by atoms with Crippen LogP contribution in [0.25, 0.3) is 10.8 Å². The lowest BCUT2D eigenvalue weighted by Crippen LogP contribution is -1.99. The van der Waals surface area contributed by atoms with Crippen molar-refractivity contribution in [2.24, 2.45) is 0 Å². The Morgan fingerprint density at radius 3 is 2.57 bits per heavy atom. The molecule has 106 valence electrons. The van der Waals surface area contributed by atoms with Gasteiger partial charge in [-0.25, -0.2) is 4.98 Å². The number of hydrogen-bond acceptors (Lipinski definition) is 3. The van der Waals surface area contributed by atoms with Crippen molar-refractivity contribution in [2.75, 3.05) is 17.2 Å². The van der Waals surface area contributed by atoms with Crippen LogP contribution in [0.4, 0.5) is 17.2 Å². The molecule has 0 unspecified atom stereocenters. The van der Waals surface area contributed by atoms with Crippen LogP contribution < -0.4 is 10.6 Å². The van der Waals surface area contributed by atoms with E-state index in [4.69, 9.17) is 0 Å². The summed E-state index contributed by atoms with van der Waals surface area (Å²) in [6, 6.07) is 16.6. The number of hydrogen-bond donors (Lipinski definition) is 2. The first-order chi connectivity index (χ1) is 10.2. The first-order valence-corrected chi connectivity index (χ1v) is 7.70. The Morgan fingerprint density at radius 1 is 0.952 bits per heavy atom. The summed E-state index contributed by atoms with van der Waals surface area (Å²) >= 11 is 3.50. The van der Waals surface area contributed by atoms with Gasteiger partial charge in [-0.3, -0.25) is 0 Å². The van der Waals surface area contributed by atoms with Crippen molar-refractivity contribution in [1.29, 1.82) is 0 Å². The summed E-state index contributed by atoms with van der Waals surface area (Å²) in [5, 5.41) is 9.06. The van der Waals surface area contributed by atoms with Gasteiger partial charge in [0.1, 0.15) is 5.82 Å². The normalized spacial score (nSPS) is 10.6. The summed E-state index contributed by atoms with van der Waals surface area (Å²) < 4.78 is 1.10. The number of pyridine rings is 1. The number of fused-ring (bicyclic) bond motifs is 1. The zero-order valence-electron chi connectivity index (χ0n) is 11.7. The highest BCUT2D eigenvalue weighted by Gasteiger charge is 2.00. The molecule has 3 aromatic rings. The molecule has 0 bridgehead atoms. The first-order valence-electron chi connectivity index (χ1n) is 6.91. The SMILES string of the molecule is CCNc1cc(Nc2ccc3cc(Br)ccc3c2)ccn1. The van der Waals surface area contributed by atoms with Crippen LogP contribution in [0.2, 0.25) is 0 Å². The first kappa shape index (κ1) is 13.9. The second-order valence-electron chi connectivity index (χ2n) is 4.79. The van der Waals surface area contributed by atoms with E-state index in [9.17, 15) is 0 Å². The minimum Gasteiger partial charge on any atom is -0.370 e. The molecule has 0 fully saturated rings. The molecule has 0 amide bonds. The zero-order chi connectivity index (χ0) is 14.7. The zero-order valence-corrected chi connectivity index (χ0v) is 13.3. The van der Waals surface area contributed by atoms with Crippen LogP contribution in [0.3, 0.4) is 0 Å². The third kappa shape index (κ3) is 3.34. The van der Waals surface area contributed by atoms with Gasteiger partial charge >= 0.3 is 0 Å². The Bertz CT molecular complexity index is 771. The van der Waals surface area contributed by atoms with Crippen LogP contribution in [0, 0.1) is 0 Å². The predicted molar refractivity (Wildman–Crippen MR) is 93.3 cm³/mol. The van der Waals surface area contributed by atoms with Crippen LogP contribution in [-0.2, 0) is 0 Å². The average Bonchev–Trinajstić information content (AvgIpc) is 2.48. The highest BCUT2D eigenvalue weighted by atomic mass is 79.9. The standard InChI is InChI=1S/C17H16BrN3/c1-2-19-17-11-16(7-8-20-17)21-15-6-4-12-9-14(18)5-3-13(12)10-15/h3-11H,2H2,1H3,(H2,19,20,21). The van der Waals surface area contributed by atoms with Gasteiger partial charge in [0.15, 0.2) is 0 Å². The maximum Gasteiger partial charge on any atom is 0.127 e. The molecule has 0 saturated heterocycles. The van der Waals surface area contributed by atoms with Crippen molar-refractivity contribution in [2.45, 2.75) is 6.92 Å². The fraction of sp³-hybridized carbons (Fsp3) is 0.118. The second-order valence-corrected chi connectivity index (χ2v) is 5.71. The van der Waals surface area contributed by atoms with Crippen molar-refractivity contribution in [3.63, 3.8) is 0 Å². The maximum atomic E-state index is 4.27. The molecule has 1 heterocycles. The monoisotopic (exact) mass is 341 g/mol. The largest absolute Gasteiger partial charge is 0.370 e. The van der Waals surface area contributed by atoms with Crippen molar-refractivity contribution in [3.05, 3.63) is 59.2 Å². The van der Waals surface area contributed by atoms with Gasteiger partial charge in [0.25, 0.3) is 0 Å². The van der Waals surface area contributed by atoms with E-state index in [2.05, 4.69) is 74.9 Å². The molecule has 0 aliphatic heterocycles.